The smallest absolute Gasteiger partial charge is 0.378 e. The largest absolute Gasteiger partial charge is 0.410 e. The van der Waals surface area contributed by atoms with Gasteiger partial charge in [-0.05, 0) is 17.7 Å². The Bertz CT molecular complexity index is 863. The Kier molecular flexibility index (Phi) is 4.96. The topological polar surface area (TPSA) is 59.4 Å². The number of amides is 1. The van der Waals surface area contributed by atoms with E-state index in [0.717, 1.165) is 4.68 Å². The standard InChI is InChI=1S/C18H18ClF3N4O2/c19-12-3-1-11(2-4-12)13-9-15(18(20,21)22)26-16(23-13)10-14(24-26)17(27)25-5-7-28-8-6-25/h1-4,10,13,15,23H,5-9H2/t13-,15+/m0/s1. The van der Waals surface area contributed by atoms with Gasteiger partial charge in [0, 0.05) is 30.6 Å². The first kappa shape index (κ1) is 19.1. The fourth-order valence-corrected chi connectivity index (χ4v) is 3.65. The molecule has 1 saturated heterocycles. The minimum absolute atomic E-state index is 0.00425. The molecule has 2 aliphatic rings. The monoisotopic (exact) mass is 414 g/mol. The molecule has 0 unspecified atom stereocenters. The lowest BCUT2D eigenvalue weighted by atomic mass is 9.97. The van der Waals surface area contributed by atoms with Crippen LogP contribution >= 0.6 is 11.6 Å². The highest BCUT2D eigenvalue weighted by Crippen LogP contribution is 2.43. The summed E-state index contributed by atoms with van der Waals surface area (Å²) in [6.07, 6.45) is -4.72. The molecule has 0 saturated carbocycles. The minimum atomic E-state index is -4.49. The molecule has 0 aliphatic carbocycles. The summed E-state index contributed by atoms with van der Waals surface area (Å²) >= 11 is 5.88. The average Bonchev–Trinajstić information content (AvgIpc) is 3.11. The van der Waals surface area contributed by atoms with Gasteiger partial charge in [0.2, 0.25) is 0 Å². The summed E-state index contributed by atoms with van der Waals surface area (Å²) in [5.74, 6) is -0.221. The van der Waals surface area contributed by atoms with Crippen molar-refractivity contribution in [2.75, 3.05) is 31.6 Å². The van der Waals surface area contributed by atoms with Crippen molar-refractivity contribution in [3.8, 4) is 0 Å². The first-order valence-electron chi connectivity index (χ1n) is 8.88. The van der Waals surface area contributed by atoms with E-state index >= 15 is 0 Å². The first-order valence-corrected chi connectivity index (χ1v) is 9.26. The summed E-state index contributed by atoms with van der Waals surface area (Å²) in [7, 11) is 0. The van der Waals surface area contributed by atoms with Crippen LogP contribution in [0, 0.1) is 0 Å². The molecule has 0 bridgehead atoms. The highest BCUT2D eigenvalue weighted by molar-refractivity contribution is 6.30. The van der Waals surface area contributed by atoms with Gasteiger partial charge in [-0.3, -0.25) is 4.79 Å². The molecular formula is C18H18ClF3N4O2. The van der Waals surface area contributed by atoms with Crippen molar-refractivity contribution in [3.63, 3.8) is 0 Å². The van der Waals surface area contributed by atoms with Crippen molar-refractivity contribution in [1.82, 2.24) is 14.7 Å². The number of alkyl halides is 3. The molecule has 2 aromatic rings. The van der Waals surface area contributed by atoms with E-state index in [9.17, 15) is 18.0 Å². The van der Waals surface area contributed by atoms with Gasteiger partial charge in [0.25, 0.3) is 5.91 Å². The summed E-state index contributed by atoms with van der Waals surface area (Å²) in [5.41, 5.74) is 0.683. The Hall–Kier alpha value is -2.26. The van der Waals surface area contributed by atoms with Crippen LogP contribution in [-0.2, 0) is 4.74 Å². The maximum absolute atomic E-state index is 13.7. The number of hydrogen-bond acceptors (Lipinski definition) is 4. The number of morpholine rings is 1. The van der Waals surface area contributed by atoms with Crippen LogP contribution in [0.25, 0.3) is 0 Å². The molecule has 2 atom stereocenters. The molecule has 3 heterocycles. The zero-order valence-electron chi connectivity index (χ0n) is 14.7. The molecule has 0 radical (unpaired) electrons. The van der Waals surface area contributed by atoms with E-state index in [2.05, 4.69) is 10.4 Å². The van der Waals surface area contributed by atoms with Crippen LogP contribution in [0.4, 0.5) is 19.0 Å². The highest BCUT2D eigenvalue weighted by atomic mass is 35.5. The van der Waals surface area contributed by atoms with Gasteiger partial charge >= 0.3 is 6.18 Å². The number of anilines is 1. The van der Waals surface area contributed by atoms with Gasteiger partial charge in [-0.25, -0.2) is 4.68 Å². The summed E-state index contributed by atoms with van der Waals surface area (Å²) in [4.78, 5) is 14.2. The second-order valence-corrected chi connectivity index (χ2v) is 7.24. The van der Waals surface area contributed by atoms with Gasteiger partial charge in [0.15, 0.2) is 11.7 Å². The number of hydrogen-bond donors (Lipinski definition) is 1. The summed E-state index contributed by atoms with van der Waals surface area (Å²) in [5, 5.41) is 7.58. The number of ether oxygens (including phenoxy) is 1. The Morgan fingerprint density at radius 3 is 2.54 bits per heavy atom. The van der Waals surface area contributed by atoms with Crippen LogP contribution < -0.4 is 5.32 Å². The number of nitrogens with one attached hydrogen (secondary N) is 1. The van der Waals surface area contributed by atoms with E-state index in [1.807, 2.05) is 0 Å². The zero-order chi connectivity index (χ0) is 19.9. The van der Waals surface area contributed by atoms with Crippen molar-refractivity contribution in [2.45, 2.75) is 24.7 Å². The number of carbonyl (C=O) groups is 1. The highest BCUT2D eigenvalue weighted by Gasteiger charge is 2.47. The molecule has 1 aromatic carbocycles. The Morgan fingerprint density at radius 1 is 1.21 bits per heavy atom. The summed E-state index contributed by atoms with van der Waals surface area (Å²) in [6, 6.07) is 5.66. The molecule has 150 valence electrons. The van der Waals surface area contributed by atoms with E-state index in [1.165, 1.54) is 11.0 Å². The minimum Gasteiger partial charge on any atom is -0.378 e. The summed E-state index contributed by atoms with van der Waals surface area (Å²) < 4.78 is 47.2. The Balaban J connectivity index is 1.65. The van der Waals surface area contributed by atoms with Crippen molar-refractivity contribution in [3.05, 3.63) is 46.6 Å². The predicted molar refractivity (Wildman–Crippen MR) is 96.5 cm³/mol. The molecular weight excluding hydrogens is 397 g/mol. The number of halogens is 4. The molecule has 2 aliphatic heterocycles. The second-order valence-electron chi connectivity index (χ2n) is 6.81. The third kappa shape index (κ3) is 3.68. The van der Waals surface area contributed by atoms with Crippen LogP contribution in [0.5, 0.6) is 0 Å². The fraction of sp³-hybridized carbons (Fsp3) is 0.444. The van der Waals surface area contributed by atoms with Crippen LogP contribution in [0.15, 0.2) is 30.3 Å². The molecule has 1 fully saturated rings. The maximum atomic E-state index is 13.7. The fourth-order valence-electron chi connectivity index (χ4n) is 3.52. The zero-order valence-corrected chi connectivity index (χ0v) is 15.5. The molecule has 1 aromatic heterocycles. The summed E-state index contributed by atoms with van der Waals surface area (Å²) in [6.45, 7) is 1.60. The SMILES string of the molecule is O=C(c1cc2n(n1)[C@@H](C(F)(F)F)C[C@@H](c1ccc(Cl)cc1)N2)N1CCOCC1. The molecule has 1 N–H and O–H groups in total. The third-order valence-electron chi connectivity index (χ3n) is 4.98. The van der Waals surface area contributed by atoms with Crippen LogP contribution in [0.1, 0.15) is 34.6 Å². The lowest BCUT2D eigenvalue weighted by Crippen LogP contribution is -2.41. The van der Waals surface area contributed by atoms with E-state index in [-0.39, 0.29) is 17.9 Å². The van der Waals surface area contributed by atoms with E-state index in [4.69, 9.17) is 16.3 Å². The maximum Gasteiger partial charge on any atom is 0.410 e. The lowest BCUT2D eigenvalue weighted by Gasteiger charge is -2.33. The Labute approximate surface area is 164 Å². The quantitative estimate of drug-likeness (QED) is 0.814. The number of nitrogens with zero attached hydrogens (tertiary/aromatic N) is 3. The Morgan fingerprint density at radius 2 is 1.89 bits per heavy atom. The second kappa shape index (κ2) is 7.29. The number of benzene rings is 1. The number of aromatic nitrogens is 2. The van der Waals surface area contributed by atoms with Gasteiger partial charge in [-0.1, -0.05) is 23.7 Å². The van der Waals surface area contributed by atoms with Gasteiger partial charge in [0.1, 0.15) is 5.82 Å². The molecule has 6 nitrogen and oxygen atoms in total. The van der Waals surface area contributed by atoms with Crippen molar-refractivity contribution in [1.29, 1.82) is 0 Å². The predicted octanol–water partition coefficient (Wildman–Crippen LogP) is 3.67. The van der Waals surface area contributed by atoms with Gasteiger partial charge in [-0.15, -0.1) is 0 Å². The molecule has 0 spiro atoms. The van der Waals surface area contributed by atoms with Crippen LogP contribution in [0.2, 0.25) is 5.02 Å². The number of carbonyl (C=O) groups excluding carboxylic acids is 1. The van der Waals surface area contributed by atoms with E-state index in [0.29, 0.717) is 36.9 Å². The third-order valence-corrected chi connectivity index (χ3v) is 5.23. The normalized spacial score (nSPS) is 22.5. The molecule has 28 heavy (non-hydrogen) atoms. The van der Waals surface area contributed by atoms with Crippen LogP contribution in [-0.4, -0.2) is 53.1 Å². The van der Waals surface area contributed by atoms with E-state index < -0.39 is 24.2 Å². The van der Waals surface area contributed by atoms with Gasteiger partial charge in [0.05, 0.1) is 19.3 Å². The average molecular weight is 415 g/mol. The molecule has 10 heteroatoms. The van der Waals surface area contributed by atoms with E-state index in [1.54, 1.807) is 24.3 Å². The first-order chi connectivity index (χ1) is 13.3. The van der Waals surface area contributed by atoms with Crippen molar-refractivity contribution >= 4 is 23.3 Å². The van der Waals surface area contributed by atoms with Crippen molar-refractivity contribution in [2.24, 2.45) is 0 Å². The van der Waals surface area contributed by atoms with Crippen LogP contribution in [0.3, 0.4) is 0 Å². The molecule has 1 amide bonds. The van der Waals surface area contributed by atoms with Gasteiger partial charge < -0.3 is 15.0 Å². The lowest BCUT2D eigenvalue weighted by molar-refractivity contribution is -0.173. The molecule has 4 rings (SSSR count). The number of fused-ring (bicyclic) bond motifs is 1. The van der Waals surface area contributed by atoms with Gasteiger partial charge in [-0.2, -0.15) is 18.3 Å². The number of rotatable bonds is 2. The van der Waals surface area contributed by atoms with Crippen molar-refractivity contribution < 1.29 is 22.7 Å².